The number of hydrogen-bond acceptors (Lipinski definition) is 6. The molecule has 1 aromatic carbocycles. The summed E-state index contributed by atoms with van der Waals surface area (Å²) >= 11 is 6.38. The Morgan fingerprint density at radius 3 is 2.65 bits per heavy atom. The number of allylic oxidation sites excluding steroid dienone is 4. The van der Waals surface area contributed by atoms with Gasteiger partial charge in [-0.15, -0.1) is 0 Å². The van der Waals surface area contributed by atoms with Gasteiger partial charge in [-0.3, -0.25) is 13.9 Å². The van der Waals surface area contributed by atoms with Crippen LogP contribution in [0.3, 0.4) is 0 Å². The molecule has 1 fully saturated rings. The highest BCUT2D eigenvalue weighted by Gasteiger charge is 2.30. The molecule has 0 N–H and O–H groups in total. The zero-order valence-corrected chi connectivity index (χ0v) is 26.3. The van der Waals surface area contributed by atoms with Crippen molar-refractivity contribution in [2.75, 3.05) is 13.2 Å². The number of rotatable bonds is 9. The fraction of sp³-hybridized carbons (Fsp3) is 0.529. The quantitative estimate of drug-likeness (QED) is 0.299. The van der Waals surface area contributed by atoms with Gasteiger partial charge in [-0.2, -0.15) is 0 Å². The van der Waals surface area contributed by atoms with Crippen LogP contribution in [0.2, 0.25) is 0 Å². The Morgan fingerprint density at radius 1 is 1.09 bits per heavy atom. The van der Waals surface area contributed by atoms with Gasteiger partial charge in [0.15, 0.2) is 6.29 Å². The van der Waals surface area contributed by atoms with Gasteiger partial charge in [0.05, 0.1) is 17.9 Å². The Labute approximate surface area is 258 Å². The summed E-state index contributed by atoms with van der Waals surface area (Å²) < 4.78 is 14.6. The average Bonchev–Trinajstić information content (AvgIpc) is 3.16. The second-order valence-electron chi connectivity index (χ2n) is 11.9. The summed E-state index contributed by atoms with van der Waals surface area (Å²) in [5, 5.41) is 0.435. The minimum absolute atomic E-state index is 0.0459. The van der Waals surface area contributed by atoms with E-state index in [1.807, 2.05) is 51.1 Å². The number of nitrogens with zero attached hydrogens (tertiary/aromatic N) is 4. The van der Waals surface area contributed by atoms with Crippen LogP contribution in [0.25, 0.3) is 0 Å². The molecule has 0 bridgehead atoms. The molecule has 0 saturated carbocycles. The van der Waals surface area contributed by atoms with E-state index >= 15 is 0 Å². The van der Waals surface area contributed by atoms with Crippen molar-refractivity contribution >= 4 is 28.3 Å². The summed E-state index contributed by atoms with van der Waals surface area (Å²) in [6.45, 7) is 7.35. The Kier molecular flexibility index (Phi) is 10.6. The van der Waals surface area contributed by atoms with Crippen LogP contribution >= 0.6 is 11.6 Å². The van der Waals surface area contributed by atoms with E-state index in [2.05, 4.69) is 17.1 Å². The highest BCUT2D eigenvalue weighted by Crippen LogP contribution is 2.33. The van der Waals surface area contributed by atoms with Crippen molar-refractivity contribution in [1.82, 2.24) is 9.13 Å². The largest absolute Gasteiger partial charge is 0.353 e. The predicted molar refractivity (Wildman–Crippen MR) is 173 cm³/mol. The fourth-order valence-corrected chi connectivity index (χ4v) is 6.45. The van der Waals surface area contributed by atoms with Crippen molar-refractivity contribution in [2.24, 2.45) is 15.9 Å². The van der Waals surface area contributed by atoms with Crippen LogP contribution in [0.5, 0.6) is 0 Å². The molecule has 3 aliphatic rings. The van der Waals surface area contributed by atoms with Gasteiger partial charge in [-0.25, -0.2) is 14.8 Å². The molecule has 2 unspecified atom stereocenters. The Morgan fingerprint density at radius 2 is 1.91 bits per heavy atom. The molecule has 43 heavy (non-hydrogen) atoms. The molecular weight excluding hydrogens is 564 g/mol. The molecular formula is C34H43ClN4O4. The smallest absolute Gasteiger partial charge is 0.332 e. The van der Waals surface area contributed by atoms with Crippen molar-refractivity contribution in [3.8, 4) is 0 Å². The summed E-state index contributed by atoms with van der Waals surface area (Å²) in [5.74, 6) is 0.524. The van der Waals surface area contributed by atoms with Crippen molar-refractivity contribution in [2.45, 2.75) is 97.4 Å². The molecule has 0 radical (unpaired) electrons. The first-order valence-electron chi connectivity index (χ1n) is 15.7. The zero-order chi connectivity index (χ0) is 30.3. The lowest BCUT2D eigenvalue weighted by Gasteiger charge is -2.23. The summed E-state index contributed by atoms with van der Waals surface area (Å²) in [6.07, 6.45) is 10.9. The van der Waals surface area contributed by atoms with Gasteiger partial charge < -0.3 is 9.47 Å². The molecule has 0 amide bonds. The first-order valence-corrected chi connectivity index (χ1v) is 16.1. The molecule has 9 heteroatoms. The van der Waals surface area contributed by atoms with Crippen molar-refractivity contribution < 1.29 is 9.47 Å². The van der Waals surface area contributed by atoms with Gasteiger partial charge in [-0.1, -0.05) is 48.0 Å². The number of halogens is 1. The van der Waals surface area contributed by atoms with E-state index < -0.39 is 0 Å². The van der Waals surface area contributed by atoms with Crippen LogP contribution in [0, 0.1) is 5.92 Å². The molecule has 3 aliphatic heterocycles. The molecule has 1 aromatic heterocycles. The molecule has 5 rings (SSSR count). The second kappa shape index (κ2) is 14.6. The van der Waals surface area contributed by atoms with Crippen LogP contribution < -0.4 is 11.2 Å². The standard InChI is InChI=1S/C34H43ClN4O4/c1-23(2)39-32-28(33(40)38(34(39)41)19-11-21-43-30-16-9-10-20-42-30)18-17-26(22-25-12-5-4-6-13-25)31(37-32)27-14-7-8-15-29(35)36-24(27)3/h4-6,8,12-13,15,23,26,30H,7,9-11,14,16-22H2,1-3H3/b15-8+,27-24?,36-29?. The minimum Gasteiger partial charge on any atom is -0.353 e. The van der Waals surface area contributed by atoms with Gasteiger partial charge in [-0.05, 0) is 95.8 Å². The molecule has 8 nitrogen and oxygen atoms in total. The Balaban J connectivity index is 1.55. The maximum absolute atomic E-state index is 14.0. The third kappa shape index (κ3) is 7.54. The maximum Gasteiger partial charge on any atom is 0.332 e. The molecule has 2 atom stereocenters. The van der Waals surface area contributed by atoms with Crippen LogP contribution in [0.4, 0.5) is 5.82 Å². The third-order valence-corrected chi connectivity index (χ3v) is 8.65. The van der Waals surface area contributed by atoms with Crippen molar-refractivity contribution in [1.29, 1.82) is 0 Å². The molecule has 0 spiro atoms. The summed E-state index contributed by atoms with van der Waals surface area (Å²) in [7, 11) is 0. The molecule has 4 heterocycles. The Hall–Kier alpha value is -3.07. The lowest BCUT2D eigenvalue weighted by atomic mass is 9.84. The normalized spacial score (nSPS) is 21.9. The summed E-state index contributed by atoms with van der Waals surface area (Å²) in [4.78, 5) is 37.8. The second-order valence-corrected chi connectivity index (χ2v) is 12.3. The minimum atomic E-state index is -0.329. The topological polar surface area (TPSA) is 87.2 Å². The van der Waals surface area contributed by atoms with E-state index in [9.17, 15) is 9.59 Å². The van der Waals surface area contributed by atoms with E-state index in [1.54, 1.807) is 4.57 Å². The van der Waals surface area contributed by atoms with Crippen LogP contribution in [0.1, 0.15) is 82.9 Å². The van der Waals surface area contributed by atoms with Gasteiger partial charge in [0, 0.05) is 30.8 Å². The molecule has 230 valence electrons. The van der Waals surface area contributed by atoms with E-state index in [0.717, 1.165) is 61.9 Å². The summed E-state index contributed by atoms with van der Waals surface area (Å²) in [6, 6.07) is 10.2. The van der Waals surface area contributed by atoms with Gasteiger partial charge in [0.2, 0.25) is 0 Å². The average molecular weight is 607 g/mol. The molecule has 0 aliphatic carbocycles. The number of hydrogen-bond donors (Lipinski definition) is 0. The van der Waals surface area contributed by atoms with E-state index in [1.165, 1.54) is 10.1 Å². The SMILES string of the molecule is CC1=C(C2=Nc3c(c(=O)n(CCCOC4CCCCO4)c(=O)n3C(C)C)CCC2Cc2ccccc2)CC/C=C/C(Cl)=N1. The van der Waals surface area contributed by atoms with Crippen LogP contribution in [-0.4, -0.2) is 39.5 Å². The number of aliphatic imine (C=N–C) groups is 2. The summed E-state index contributed by atoms with van der Waals surface area (Å²) in [5.41, 5.74) is 3.98. The monoisotopic (exact) mass is 606 g/mol. The molecule has 2 aromatic rings. The van der Waals surface area contributed by atoms with E-state index in [-0.39, 0.29) is 36.0 Å². The number of ether oxygens (including phenoxy) is 2. The van der Waals surface area contributed by atoms with Gasteiger partial charge in [0.1, 0.15) is 11.0 Å². The van der Waals surface area contributed by atoms with Gasteiger partial charge >= 0.3 is 5.69 Å². The van der Waals surface area contributed by atoms with Crippen LogP contribution in [0.15, 0.2) is 73.3 Å². The number of aromatic nitrogens is 2. The molecule has 1 saturated heterocycles. The predicted octanol–water partition coefficient (Wildman–Crippen LogP) is 6.66. The van der Waals surface area contributed by atoms with E-state index in [4.69, 9.17) is 26.1 Å². The fourth-order valence-electron chi connectivity index (χ4n) is 6.23. The maximum atomic E-state index is 14.0. The first kappa shape index (κ1) is 31.4. The third-order valence-electron chi connectivity index (χ3n) is 8.44. The zero-order valence-electron chi connectivity index (χ0n) is 25.6. The first-order chi connectivity index (χ1) is 20.8. The van der Waals surface area contributed by atoms with Crippen molar-refractivity contribution in [3.63, 3.8) is 0 Å². The lowest BCUT2D eigenvalue weighted by Crippen LogP contribution is -2.42. The highest BCUT2D eigenvalue weighted by molar-refractivity contribution is 6.68. The lowest BCUT2D eigenvalue weighted by molar-refractivity contribution is -0.163. The number of benzene rings is 1. The Bertz CT molecular complexity index is 1530. The van der Waals surface area contributed by atoms with E-state index in [0.29, 0.717) is 42.6 Å². The van der Waals surface area contributed by atoms with Crippen molar-refractivity contribution in [3.05, 3.63) is 85.7 Å². The number of fused-ring (bicyclic) bond motifs is 1. The van der Waals surface area contributed by atoms with Crippen LogP contribution in [-0.2, 0) is 28.9 Å². The highest BCUT2D eigenvalue weighted by atomic mass is 35.5. The van der Waals surface area contributed by atoms with Gasteiger partial charge in [0.25, 0.3) is 5.56 Å².